The molecule has 1 atom stereocenters. The molecule has 0 saturated carbocycles. The van der Waals surface area contributed by atoms with Gasteiger partial charge in [-0.3, -0.25) is 0 Å². The lowest BCUT2D eigenvalue weighted by atomic mass is 10.0. The number of benzene rings is 2. The summed E-state index contributed by atoms with van der Waals surface area (Å²) in [5.41, 5.74) is 3.77. The zero-order valence-corrected chi connectivity index (χ0v) is 13.6. The van der Waals surface area contributed by atoms with Crippen molar-refractivity contribution in [3.8, 4) is 11.5 Å². The van der Waals surface area contributed by atoms with Crippen LogP contribution in [0.1, 0.15) is 21.5 Å². The van der Waals surface area contributed by atoms with Crippen LogP contribution in [0.4, 0.5) is 0 Å². The van der Waals surface area contributed by atoms with Crippen LogP contribution < -0.4 is 9.47 Å². The zero-order valence-electron chi connectivity index (χ0n) is 12.0. The Morgan fingerprint density at radius 2 is 1.60 bits per heavy atom. The van der Waals surface area contributed by atoms with Gasteiger partial charge in [0.1, 0.15) is 0 Å². The van der Waals surface area contributed by atoms with Crippen molar-refractivity contribution in [1.29, 1.82) is 0 Å². The Bertz CT molecular complexity index is 564. The van der Waals surface area contributed by atoms with Gasteiger partial charge in [-0.25, -0.2) is 0 Å². The lowest BCUT2D eigenvalue weighted by Crippen LogP contribution is -1.97. The van der Waals surface area contributed by atoms with Crippen molar-refractivity contribution in [2.24, 2.45) is 0 Å². The highest BCUT2D eigenvalue weighted by Gasteiger charge is 2.11. The second-order valence-electron chi connectivity index (χ2n) is 4.77. The van der Waals surface area contributed by atoms with Crippen LogP contribution in [0.3, 0.4) is 0 Å². The molecule has 0 heterocycles. The molecule has 0 saturated heterocycles. The van der Waals surface area contributed by atoms with Gasteiger partial charge in [0.2, 0.25) is 0 Å². The Morgan fingerprint density at radius 3 is 2.20 bits per heavy atom. The number of hydrogen-bond donors (Lipinski definition) is 0. The van der Waals surface area contributed by atoms with Crippen molar-refractivity contribution >= 4 is 15.9 Å². The highest BCUT2D eigenvalue weighted by Crippen LogP contribution is 2.32. The van der Waals surface area contributed by atoms with Crippen molar-refractivity contribution in [2.75, 3.05) is 14.2 Å². The number of aryl methyl sites for hydroxylation is 1. The maximum Gasteiger partial charge on any atom is 0.160 e. The maximum atomic E-state index is 5.34. The standard InChI is InChI=1S/C17H19BrO2/c1-12-4-7-14(8-5-12)15(18)10-13-6-9-16(19-2)17(11-13)20-3/h4-9,11,15H,10H2,1-3H3. The largest absolute Gasteiger partial charge is 0.493 e. The third kappa shape index (κ3) is 3.54. The van der Waals surface area contributed by atoms with Crippen LogP contribution in [-0.2, 0) is 6.42 Å². The van der Waals surface area contributed by atoms with E-state index in [9.17, 15) is 0 Å². The van der Waals surface area contributed by atoms with Gasteiger partial charge in [-0.15, -0.1) is 0 Å². The molecule has 0 spiro atoms. The Balaban J connectivity index is 2.15. The van der Waals surface area contributed by atoms with E-state index in [-0.39, 0.29) is 0 Å². The molecule has 20 heavy (non-hydrogen) atoms. The van der Waals surface area contributed by atoms with Crippen LogP contribution in [0.2, 0.25) is 0 Å². The third-order valence-corrected chi connectivity index (χ3v) is 4.15. The van der Waals surface area contributed by atoms with E-state index in [4.69, 9.17) is 9.47 Å². The van der Waals surface area contributed by atoms with E-state index >= 15 is 0 Å². The number of halogens is 1. The van der Waals surface area contributed by atoms with Gasteiger partial charge in [0, 0.05) is 4.83 Å². The second-order valence-corrected chi connectivity index (χ2v) is 5.88. The van der Waals surface area contributed by atoms with Crippen molar-refractivity contribution in [1.82, 2.24) is 0 Å². The molecule has 0 radical (unpaired) electrons. The lowest BCUT2D eigenvalue weighted by molar-refractivity contribution is 0.354. The maximum absolute atomic E-state index is 5.34. The molecule has 2 nitrogen and oxygen atoms in total. The lowest BCUT2D eigenvalue weighted by Gasteiger charge is -2.13. The van der Waals surface area contributed by atoms with Crippen molar-refractivity contribution in [3.05, 3.63) is 59.2 Å². The third-order valence-electron chi connectivity index (χ3n) is 3.30. The number of rotatable bonds is 5. The summed E-state index contributed by atoms with van der Waals surface area (Å²) in [5, 5.41) is 0. The molecule has 0 amide bonds. The SMILES string of the molecule is COc1ccc(CC(Br)c2ccc(C)cc2)cc1OC. The molecule has 2 aromatic rings. The van der Waals surface area contributed by atoms with Gasteiger partial charge in [0.15, 0.2) is 11.5 Å². The van der Waals surface area contributed by atoms with Crippen molar-refractivity contribution in [2.45, 2.75) is 18.2 Å². The molecule has 0 bridgehead atoms. The van der Waals surface area contributed by atoms with E-state index in [1.165, 1.54) is 16.7 Å². The average molecular weight is 335 g/mol. The first-order valence-electron chi connectivity index (χ1n) is 6.55. The van der Waals surface area contributed by atoms with Gasteiger partial charge in [-0.05, 0) is 36.6 Å². The Kier molecular flexibility index (Phi) is 5.07. The second kappa shape index (κ2) is 6.80. The molecule has 0 aliphatic carbocycles. The molecule has 0 aliphatic rings. The van der Waals surface area contributed by atoms with E-state index in [1.54, 1.807) is 14.2 Å². The van der Waals surface area contributed by atoms with Crippen LogP contribution in [-0.4, -0.2) is 14.2 Å². The molecule has 0 N–H and O–H groups in total. The normalized spacial score (nSPS) is 12.0. The number of methoxy groups -OCH3 is 2. The minimum absolute atomic E-state index is 0.293. The van der Waals surface area contributed by atoms with Crippen LogP contribution >= 0.6 is 15.9 Å². The topological polar surface area (TPSA) is 18.5 Å². The summed E-state index contributed by atoms with van der Waals surface area (Å²) < 4.78 is 10.6. The predicted molar refractivity (Wildman–Crippen MR) is 86.1 cm³/mol. The molecule has 0 aliphatic heterocycles. The minimum Gasteiger partial charge on any atom is -0.493 e. The first kappa shape index (κ1) is 14.9. The van der Waals surface area contributed by atoms with E-state index in [0.717, 1.165) is 17.9 Å². The molecule has 0 fully saturated rings. The summed E-state index contributed by atoms with van der Waals surface area (Å²) in [6.07, 6.45) is 0.906. The molecule has 1 unspecified atom stereocenters. The molecule has 3 heteroatoms. The first-order valence-corrected chi connectivity index (χ1v) is 7.47. The van der Waals surface area contributed by atoms with E-state index in [1.807, 2.05) is 12.1 Å². The molecule has 2 aromatic carbocycles. The smallest absolute Gasteiger partial charge is 0.160 e. The number of alkyl halides is 1. The average Bonchev–Trinajstić information content (AvgIpc) is 2.47. The quantitative estimate of drug-likeness (QED) is 0.738. The highest BCUT2D eigenvalue weighted by molar-refractivity contribution is 9.09. The van der Waals surface area contributed by atoms with Gasteiger partial charge in [-0.2, -0.15) is 0 Å². The molecular weight excluding hydrogens is 316 g/mol. The van der Waals surface area contributed by atoms with Gasteiger partial charge < -0.3 is 9.47 Å². The fraction of sp³-hybridized carbons (Fsp3) is 0.294. The van der Waals surface area contributed by atoms with Crippen molar-refractivity contribution in [3.63, 3.8) is 0 Å². The molecular formula is C17H19BrO2. The Morgan fingerprint density at radius 1 is 0.950 bits per heavy atom. The van der Waals surface area contributed by atoms with Gasteiger partial charge in [0.25, 0.3) is 0 Å². The number of hydrogen-bond acceptors (Lipinski definition) is 2. The summed E-state index contributed by atoms with van der Waals surface area (Å²) in [5.74, 6) is 1.53. The first-order chi connectivity index (χ1) is 9.63. The van der Waals surface area contributed by atoms with E-state index in [0.29, 0.717) is 4.83 Å². The fourth-order valence-corrected chi connectivity index (χ4v) is 2.79. The molecule has 106 valence electrons. The summed E-state index contributed by atoms with van der Waals surface area (Å²) in [7, 11) is 3.31. The van der Waals surface area contributed by atoms with E-state index in [2.05, 4.69) is 53.2 Å². The summed E-state index contributed by atoms with van der Waals surface area (Å²) in [6.45, 7) is 2.10. The van der Waals surface area contributed by atoms with Crippen molar-refractivity contribution < 1.29 is 9.47 Å². The Hall–Kier alpha value is -1.48. The van der Waals surface area contributed by atoms with Gasteiger partial charge in [0.05, 0.1) is 14.2 Å². The monoisotopic (exact) mass is 334 g/mol. The predicted octanol–water partition coefficient (Wildman–Crippen LogP) is 4.69. The summed E-state index contributed by atoms with van der Waals surface area (Å²) in [6, 6.07) is 14.6. The molecule has 2 rings (SSSR count). The van der Waals surface area contributed by atoms with Crippen LogP contribution in [0.5, 0.6) is 11.5 Å². The van der Waals surface area contributed by atoms with E-state index < -0.39 is 0 Å². The Labute approximate surface area is 128 Å². The highest BCUT2D eigenvalue weighted by atomic mass is 79.9. The van der Waals surface area contributed by atoms with Crippen LogP contribution in [0, 0.1) is 6.92 Å². The molecule has 0 aromatic heterocycles. The minimum atomic E-state index is 0.293. The number of ether oxygens (including phenoxy) is 2. The zero-order chi connectivity index (χ0) is 14.5. The van der Waals surface area contributed by atoms with Crippen LogP contribution in [0.15, 0.2) is 42.5 Å². The van der Waals surface area contributed by atoms with Gasteiger partial charge in [-0.1, -0.05) is 51.8 Å². The summed E-state index contributed by atoms with van der Waals surface area (Å²) in [4.78, 5) is 0.293. The van der Waals surface area contributed by atoms with Gasteiger partial charge >= 0.3 is 0 Å². The van der Waals surface area contributed by atoms with Crippen LogP contribution in [0.25, 0.3) is 0 Å². The fourth-order valence-electron chi connectivity index (χ4n) is 2.11. The summed E-state index contributed by atoms with van der Waals surface area (Å²) >= 11 is 3.76.